The number of rotatable bonds is 4. The van der Waals surface area contributed by atoms with Gasteiger partial charge in [-0.3, -0.25) is 4.57 Å². The molecule has 2 aromatic heterocycles. The summed E-state index contributed by atoms with van der Waals surface area (Å²) in [7, 11) is 1.69. The molecule has 1 unspecified atom stereocenters. The Morgan fingerprint density at radius 1 is 1.26 bits per heavy atom. The number of nitrogens with zero attached hydrogens (tertiary/aromatic N) is 3. The van der Waals surface area contributed by atoms with Crippen molar-refractivity contribution in [3.05, 3.63) is 48.4 Å². The van der Waals surface area contributed by atoms with Crippen molar-refractivity contribution in [1.82, 2.24) is 14.5 Å². The Morgan fingerprint density at radius 3 is 3.00 bits per heavy atom. The van der Waals surface area contributed by atoms with Gasteiger partial charge in [-0.2, -0.15) is 0 Å². The van der Waals surface area contributed by atoms with Crippen LogP contribution in [0.1, 0.15) is 12.2 Å². The number of fused-ring (bicyclic) bond motifs is 1. The molecular formula is C18H19N3O2. The minimum Gasteiger partial charge on any atom is -0.495 e. The van der Waals surface area contributed by atoms with Crippen LogP contribution in [0.2, 0.25) is 0 Å². The molecule has 0 radical (unpaired) electrons. The van der Waals surface area contributed by atoms with Gasteiger partial charge >= 0.3 is 0 Å². The van der Waals surface area contributed by atoms with E-state index in [2.05, 4.69) is 9.55 Å². The summed E-state index contributed by atoms with van der Waals surface area (Å²) in [5.41, 5.74) is 2.75. The number of hydrogen-bond acceptors (Lipinski definition) is 4. The first kappa shape index (κ1) is 14.2. The van der Waals surface area contributed by atoms with Gasteiger partial charge in [-0.05, 0) is 36.6 Å². The summed E-state index contributed by atoms with van der Waals surface area (Å²) in [6.45, 7) is 1.65. The van der Waals surface area contributed by atoms with Crippen molar-refractivity contribution in [2.45, 2.75) is 12.8 Å². The third-order valence-electron chi connectivity index (χ3n) is 4.31. The van der Waals surface area contributed by atoms with E-state index >= 15 is 0 Å². The van der Waals surface area contributed by atoms with Gasteiger partial charge in [-0.1, -0.05) is 12.1 Å². The third-order valence-corrected chi connectivity index (χ3v) is 4.31. The lowest BCUT2D eigenvalue weighted by atomic mass is 10.0. The van der Waals surface area contributed by atoms with Crippen molar-refractivity contribution in [3.8, 4) is 11.4 Å². The zero-order chi connectivity index (χ0) is 15.6. The van der Waals surface area contributed by atoms with Gasteiger partial charge in [0.2, 0.25) is 0 Å². The highest BCUT2D eigenvalue weighted by molar-refractivity contribution is 5.74. The van der Waals surface area contributed by atoms with Gasteiger partial charge < -0.3 is 9.47 Å². The summed E-state index contributed by atoms with van der Waals surface area (Å²) >= 11 is 0. The van der Waals surface area contributed by atoms with E-state index < -0.39 is 0 Å². The SMILES string of the molecule is COc1ccccc1-n1c(CC2CCOC2)nc2cccnc21. The quantitative estimate of drug-likeness (QED) is 0.743. The molecule has 0 aliphatic carbocycles. The standard InChI is InChI=1S/C18H19N3O2/c1-22-16-7-3-2-6-15(16)21-17(11-13-8-10-23-12-13)20-14-5-4-9-19-18(14)21/h2-7,9,13H,8,10-12H2,1H3. The third kappa shape index (κ3) is 2.57. The van der Waals surface area contributed by atoms with E-state index in [0.717, 1.165) is 54.5 Å². The van der Waals surface area contributed by atoms with E-state index in [4.69, 9.17) is 14.5 Å². The van der Waals surface area contributed by atoms with E-state index in [9.17, 15) is 0 Å². The number of aromatic nitrogens is 3. The van der Waals surface area contributed by atoms with Gasteiger partial charge in [0.05, 0.1) is 12.8 Å². The maximum absolute atomic E-state index is 5.54. The van der Waals surface area contributed by atoms with E-state index in [1.165, 1.54) is 0 Å². The van der Waals surface area contributed by atoms with Gasteiger partial charge in [0.15, 0.2) is 5.65 Å². The molecule has 1 fully saturated rings. The van der Waals surface area contributed by atoms with E-state index in [-0.39, 0.29) is 0 Å². The molecule has 0 saturated carbocycles. The van der Waals surface area contributed by atoms with Crippen LogP contribution >= 0.6 is 0 Å². The lowest BCUT2D eigenvalue weighted by molar-refractivity contribution is 0.185. The molecule has 118 valence electrons. The number of imidazole rings is 1. The minimum atomic E-state index is 0.514. The number of methoxy groups -OCH3 is 1. The van der Waals surface area contributed by atoms with Crippen LogP contribution in [0, 0.1) is 5.92 Å². The average Bonchev–Trinajstić information content (AvgIpc) is 3.22. The summed E-state index contributed by atoms with van der Waals surface area (Å²) in [4.78, 5) is 9.36. The fourth-order valence-corrected chi connectivity index (χ4v) is 3.17. The molecule has 5 heteroatoms. The first-order chi connectivity index (χ1) is 11.4. The lowest BCUT2D eigenvalue weighted by Crippen LogP contribution is -2.10. The fraction of sp³-hybridized carbons (Fsp3) is 0.333. The predicted octanol–water partition coefficient (Wildman–Crippen LogP) is 3.01. The second-order valence-electron chi connectivity index (χ2n) is 5.82. The van der Waals surface area contributed by atoms with E-state index in [0.29, 0.717) is 5.92 Å². The van der Waals surface area contributed by atoms with Gasteiger partial charge in [-0.25, -0.2) is 9.97 Å². The zero-order valence-electron chi connectivity index (χ0n) is 13.1. The van der Waals surface area contributed by atoms with Crippen LogP contribution in [0.5, 0.6) is 5.75 Å². The molecule has 1 aromatic carbocycles. The molecule has 0 spiro atoms. The van der Waals surface area contributed by atoms with Gasteiger partial charge in [0, 0.05) is 25.8 Å². The zero-order valence-corrected chi connectivity index (χ0v) is 13.1. The molecule has 3 heterocycles. The number of hydrogen-bond donors (Lipinski definition) is 0. The van der Waals surface area contributed by atoms with Crippen molar-refractivity contribution in [2.24, 2.45) is 5.92 Å². The van der Waals surface area contributed by atoms with Crippen LogP contribution in [0.25, 0.3) is 16.9 Å². The second-order valence-corrected chi connectivity index (χ2v) is 5.82. The first-order valence-electron chi connectivity index (χ1n) is 7.90. The highest BCUT2D eigenvalue weighted by atomic mass is 16.5. The molecule has 1 atom stereocenters. The Morgan fingerprint density at radius 2 is 2.17 bits per heavy atom. The van der Waals surface area contributed by atoms with E-state index in [1.807, 2.05) is 36.4 Å². The van der Waals surface area contributed by atoms with Crippen molar-refractivity contribution in [3.63, 3.8) is 0 Å². The Hall–Kier alpha value is -2.40. The highest BCUT2D eigenvalue weighted by Gasteiger charge is 2.22. The normalized spacial score (nSPS) is 17.7. The predicted molar refractivity (Wildman–Crippen MR) is 88.0 cm³/mol. The topological polar surface area (TPSA) is 49.2 Å². The summed E-state index contributed by atoms with van der Waals surface area (Å²) in [6, 6.07) is 11.9. The van der Waals surface area contributed by atoms with Crippen LogP contribution < -0.4 is 4.74 Å². The Balaban J connectivity index is 1.88. The van der Waals surface area contributed by atoms with Gasteiger partial charge in [0.25, 0.3) is 0 Å². The largest absolute Gasteiger partial charge is 0.495 e. The highest BCUT2D eigenvalue weighted by Crippen LogP contribution is 2.29. The molecule has 0 amide bonds. The molecule has 1 saturated heterocycles. The molecule has 5 nitrogen and oxygen atoms in total. The van der Waals surface area contributed by atoms with Crippen LogP contribution in [0.15, 0.2) is 42.6 Å². The smallest absolute Gasteiger partial charge is 0.164 e. The fourth-order valence-electron chi connectivity index (χ4n) is 3.17. The summed E-state index contributed by atoms with van der Waals surface area (Å²) in [5, 5.41) is 0. The van der Waals surface area contributed by atoms with Crippen LogP contribution in [-0.4, -0.2) is 34.9 Å². The number of ether oxygens (including phenoxy) is 2. The maximum Gasteiger partial charge on any atom is 0.164 e. The number of benzene rings is 1. The maximum atomic E-state index is 5.54. The second kappa shape index (κ2) is 6.01. The van der Waals surface area contributed by atoms with Gasteiger partial charge in [-0.15, -0.1) is 0 Å². The van der Waals surface area contributed by atoms with Crippen molar-refractivity contribution >= 4 is 11.2 Å². The van der Waals surface area contributed by atoms with Crippen molar-refractivity contribution < 1.29 is 9.47 Å². The molecular weight excluding hydrogens is 290 g/mol. The average molecular weight is 309 g/mol. The van der Waals surface area contributed by atoms with Crippen LogP contribution in [0.4, 0.5) is 0 Å². The van der Waals surface area contributed by atoms with Crippen LogP contribution in [-0.2, 0) is 11.2 Å². The molecule has 0 N–H and O–H groups in total. The molecule has 23 heavy (non-hydrogen) atoms. The van der Waals surface area contributed by atoms with Gasteiger partial charge in [0.1, 0.15) is 17.1 Å². The Labute approximate surface area is 134 Å². The molecule has 3 aromatic rings. The summed E-state index contributed by atoms with van der Waals surface area (Å²) < 4.78 is 13.2. The molecule has 0 bridgehead atoms. The Kier molecular flexibility index (Phi) is 3.71. The molecule has 4 rings (SSSR count). The minimum absolute atomic E-state index is 0.514. The molecule has 1 aliphatic heterocycles. The van der Waals surface area contributed by atoms with Crippen molar-refractivity contribution in [1.29, 1.82) is 0 Å². The Bertz CT molecular complexity index is 822. The molecule has 1 aliphatic rings. The summed E-state index contributed by atoms with van der Waals surface area (Å²) in [6.07, 6.45) is 3.77. The monoisotopic (exact) mass is 309 g/mol. The number of pyridine rings is 1. The van der Waals surface area contributed by atoms with Crippen molar-refractivity contribution in [2.75, 3.05) is 20.3 Å². The van der Waals surface area contributed by atoms with E-state index in [1.54, 1.807) is 13.3 Å². The summed E-state index contributed by atoms with van der Waals surface area (Å²) in [5.74, 6) is 2.35. The lowest BCUT2D eigenvalue weighted by Gasteiger charge is -2.14. The number of para-hydroxylation sites is 2. The first-order valence-corrected chi connectivity index (χ1v) is 7.90. The van der Waals surface area contributed by atoms with Crippen LogP contribution in [0.3, 0.4) is 0 Å².